The van der Waals surface area contributed by atoms with Crippen LogP contribution in [-0.2, 0) is 4.79 Å². The summed E-state index contributed by atoms with van der Waals surface area (Å²) in [5.41, 5.74) is 6.46. The molecule has 0 spiro atoms. The Hall–Kier alpha value is -1.55. The maximum Gasteiger partial charge on any atom is 0.228 e. The first-order valence-electron chi connectivity index (χ1n) is 6.71. The molecule has 0 aliphatic carbocycles. The van der Waals surface area contributed by atoms with Gasteiger partial charge in [-0.2, -0.15) is 0 Å². The third kappa shape index (κ3) is 2.89. The molecule has 3 N–H and O–H groups in total. The van der Waals surface area contributed by atoms with E-state index < -0.39 is 5.54 Å². The van der Waals surface area contributed by atoms with Crippen LogP contribution in [0.5, 0.6) is 5.75 Å². The monoisotopic (exact) mass is 262 g/mol. The number of nitrogens with two attached hydrogens (primary N) is 1. The van der Waals surface area contributed by atoms with Crippen LogP contribution in [0.4, 0.5) is 0 Å². The minimum atomic E-state index is -0.412. The number of benzene rings is 1. The van der Waals surface area contributed by atoms with Crippen molar-refractivity contribution in [1.82, 2.24) is 5.32 Å². The summed E-state index contributed by atoms with van der Waals surface area (Å²) in [7, 11) is 0. The molecular weight excluding hydrogens is 240 g/mol. The highest BCUT2D eigenvalue weighted by atomic mass is 16.5. The predicted octanol–water partition coefficient (Wildman–Crippen LogP) is 1.79. The van der Waals surface area contributed by atoms with Crippen LogP contribution in [0.3, 0.4) is 0 Å². The number of para-hydroxylation sites is 1. The summed E-state index contributed by atoms with van der Waals surface area (Å²) >= 11 is 0. The Morgan fingerprint density at radius 1 is 1.47 bits per heavy atom. The fraction of sp³-hybridized carbons (Fsp3) is 0.533. The Balaban J connectivity index is 2.18. The van der Waals surface area contributed by atoms with Crippen molar-refractivity contribution in [3.63, 3.8) is 0 Å². The van der Waals surface area contributed by atoms with Gasteiger partial charge in [0.05, 0.1) is 12.5 Å². The summed E-state index contributed by atoms with van der Waals surface area (Å²) in [4.78, 5) is 12.5. The Morgan fingerprint density at radius 2 is 2.16 bits per heavy atom. The lowest BCUT2D eigenvalue weighted by Crippen LogP contribution is -2.55. The van der Waals surface area contributed by atoms with Gasteiger partial charge in [-0.15, -0.1) is 0 Å². The minimum absolute atomic E-state index is 0.0260. The number of amides is 1. The smallest absolute Gasteiger partial charge is 0.228 e. The van der Waals surface area contributed by atoms with Crippen molar-refractivity contribution in [2.75, 3.05) is 6.61 Å². The number of ether oxygens (including phenoxy) is 1. The third-order valence-electron chi connectivity index (χ3n) is 3.86. The van der Waals surface area contributed by atoms with Crippen molar-refractivity contribution in [3.8, 4) is 5.75 Å². The van der Waals surface area contributed by atoms with Crippen molar-refractivity contribution in [1.29, 1.82) is 0 Å². The first-order chi connectivity index (χ1) is 8.92. The minimum Gasteiger partial charge on any atom is -0.493 e. The van der Waals surface area contributed by atoms with Crippen LogP contribution in [0.15, 0.2) is 24.3 Å². The second kappa shape index (κ2) is 5.21. The van der Waals surface area contributed by atoms with Crippen LogP contribution >= 0.6 is 0 Å². The van der Waals surface area contributed by atoms with E-state index >= 15 is 0 Å². The normalized spacial score (nSPS) is 20.1. The van der Waals surface area contributed by atoms with Crippen molar-refractivity contribution in [3.05, 3.63) is 29.8 Å². The van der Waals surface area contributed by atoms with E-state index in [4.69, 9.17) is 10.5 Å². The lowest BCUT2D eigenvalue weighted by Gasteiger charge is -2.33. The highest BCUT2D eigenvalue weighted by molar-refractivity contribution is 5.85. The standard InChI is InChI=1S/C15H22N2O2/c1-10(16)15(2,3)17-14(18)12-8-9-19-13-7-5-4-6-11(12)13/h4-7,10,12H,8-9,16H2,1-3H3,(H,17,18). The van der Waals surface area contributed by atoms with Crippen LogP contribution in [0.1, 0.15) is 38.7 Å². The number of hydrogen-bond acceptors (Lipinski definition) is 3. The third-order valence-corrected chi connectivity index (χ3v) is 3.86. The van der Waals surface area contributed by atoms with Crippen molar-refractivity contribution < 1.29 is 9.53 Å². The maximum atomic E-state index is 12.5. The summed E-state index contributed by atoms with van der Waals surface area (Å²) in [6, 6.07) is 7.62. The average molecular weight is 262 g/mol. The van der Waals surface area contributed by atoms with Gasteiger partial charge in [-0.1, -0.05) is 18.2 Å². The van der Waals surface area contributed by atoms with E-state index in [2.05, 4.69) is 5.32 Å². The van der Waals surface area contributed by atoms with Gasteiger partial charge in [0, 0.05) is 17.1 Å². The molecule has 2 unspecified atom stereocenters. The molecule has 0 bridgehead atoms. The largest absolute Gasteiger partial charge is 0.493 e. The number of hydrogen-bond donors (Lipinski definition) is 2. The number of rotatable bonds is 3. The quantitative estimate of drug-likeness (QED) is 0.873. The molecule has 4 heteroatoms. The van der Waals surface area contributed by atoms with Gasteiger partial charge in [0.25, 0.3) is 0 Å². The molecule has 0 saturated carbocycles. The molecule has 19 heavy (non-hydrogen) atoms. The molecule has 4 nitrogen and oxygen atoms in total. The Bertz CT molecular complexity index is 469. The Morgan fingerprint density at radius 3 is 2.84 bits per heavy atom. The van der Waals surface area contributed by atoms with Gasteiger partial charge in [0.15, 0.2) is 0 Å². The van der Waals surface area contributed by atoms with E-state index in [9.17, 15) is 4.79 Å². The SMILES string of the molecule is CC(N)C(C)(C)NC(=O)C1CCOc2ccccc21. The Labute approximate surface area is 114 Å². The van der Waals surface area contributed by atoms with Crippen molar-refractivity contribution >= 4 is 5.91 Å². The van der Waals surface area contributed by atoms with Crippen LogP contribution < -0.4 is 15.8 Å². The van der Waals surface area contributed by atoms with Gasteiger partial charge in [0.1, 0.15) is 5.75 Å². The highest BCUT2D eigenvalue weighted by Gasteiger charge is 2.32. The van der Waals surface area contributed by atoms with Crippen LogP contribution in [-0.4, -0.2) is 24.1 Å². The number of fused-ring (bicyclic) bond motifs is 1. The molecule has 0 fully saturated rings. The number of nitrogens with one attached hydrogen (secondary N) is 1. The first-order valence-corrected chi connectivity index (χ1v) is 6.71. The average Bonchev–Trinajstić information content (AvgIpc) is 2.37. The Kier molecular flexibility index (Phi) is 3.80. The summed E-state index contributed by atoms with van der Waals surface area (Å²) in [6.45, 7) is 6.37. The summed E-state index contributed by atoms with van der Waals surface area (Å²) in [5, 5.41) is 3.05. The molecule has 1 aromatic rings. The molecular formula is C15H22N2O2. The molecule has 1 aliphatic heterocycles. The second-order valence-electron chi connectivity index (χ2n) is 5.73. The molecule has 0 saturated heterocycles. The summed E-state index contributed by atoms with van der Waals surface area (Å²) < 4.78 is 5.58. The zero-order chi connectivity index (χ0) is 14.0. The van der Waals surface area contributed by atoms with E-state index in [-0.39, 0.29) is 17.9 Å². The lowest BCUT2D eigenvalue weighted by atomic mass is 9.90. The van der Waals surface area contributed by atoms with Gasteiger partial charge in [-0.3, -0.25) is 4.79 Å². The maximum absolute atomic E-state index is 12.5. The van der Waals surface area contributed by atoms with Crippen molar-refractivity contribution in [2.24, 2.45) is 5.73 Å². The molecule has 2 rings (SSSR count). The van der Waals surface area contributed by atoms with E-state index in [0.29, 0.717) is 13.0 Å². The van der Waals surface area contributed by atoms with E-state index in [0.717, 1.165) is 11.3 Å². The fourth-order valence-corrected chi connectivity index (χ4v) is 2.13. The lowest BCUT2D eigenvalue weighted by molar-refractivity contribution is -0.125. The predicted molar refractivity (Wildman–Crippen MR) is 75.2 cm³/mol. The van der Waals surface area contributed by atoms with Crippen LogP contribution in [0, 0.1) is 0 Å². The van der Waals surface area contributed by atoms with Gasteiger partial charge in [0.2, 0.25) is 5.91 Å². The molecule has 1 amide bonds. The molecule has 104 valence electrons. The second-order valence-corrected chi connectivity index (χ2v) is 5.73. The number of carbonyl (C=O) groups excluding carboxylic acids is 1. The molecule has 2 atom stereocenters. The zero-order valence-electron chi connectivity index (χ0n) is 11.8. The number of carbonyl (C=O) groups is 1. The summed E-state index contributed by atoms with van der Waals surface area (Å²) in [6.07, 6.45) is 0.706. The molecule has 0 radical (unpaired) electrons. The molecule has 1 heterocycles. The molecule has 0 aromatic heterocycles. The summed E-state index contributed by atoms with van der Waals surface area (Å²) in [5.74, 6) is 0.688. The zero-order valence-corrected chi connectivity index (χ0v) is 11.8. The fourth-order valence-electron chi connectivity index (χ4n) is 2.13. The van der Waals surface area contributed by atoms with Crippen LogP contribution in [0.2, 0.25) is 0 Å². The molecule has 1 aliphatic rings. The highest BCUT2D eigenvalue weighted by Crippen LogP contribution is 2.33. The van der Waals surface area contributed by atoms with Crippen LogP contribution in [0.25, 0.3) is 0 Å². The van der Waals surface area contributed by atoms with Gasteiger partial charge >= 0.3 is 0 Å². The topological polar surface area (TPSA) is 64.3 Å². The van der Waals surface area contributed by atoms with E-state index in [1.165, 1.54) is 0 Å². The van der Waals surface area contributed by atoms with E-state index in [1.54, 1.807) is 0 Å². The van der Waals surface area contributed by atoms with Gasteiger partial charge < -0.3 is 15.8 Å². The van der Waals surface area contributed by atoms with Crippen molar-refractivity contribution in [2.45, 2.75) is 44.7 Å². The van der Waals surface area contributed by atoms with Gasteiger partial charge in [-0.05, 0) is 33.3 Å². The van der Waals surface area contributed by atoms with Gasteiger partial charge in [-0.25, -0.2) is 0 Å². The molecule has 1 aromatic carbocycles. The van der Waals surface area contributed by atoms with E-state index in [1.807, 2.05) is 45.0 Å². The first kappa shape index (κ1) is 13.9.